The second-order valence-electron chi connectivity index (χ2n) is 2.06. The number of hydrogen-bond acceptors (Lipinski definition) is 1. The fourth-order valence-corrected chi connectivity index (χ4v) is 1.90. The molecule has 0 saturated carbocycles. The van der Waals surface area contributed by atoms with Gasteiger partial charge in [-0.25, -0.2) is 0 Å². The Morgan fingerprint density at radius 1 is 1.44 bits per heavy atom. The third kappa shape index (κ3) is 1.45. The zero-order valence-electron chi connectivity index (χ0n) is 5.39. The van der Waals surface area contributed by atoms with E-state index in [-0.39, 0.29) is 0 Å². The zero-order valence-corrected chi connectivity index (χ0v) is 10.9. The summed E-state index contributed by atoms with van der Waals surface area (Å²) < 4.78 is 1.33. The molecule has 1 rings (SSSR count). The minimum absolute atomic E-state index is 0.433. The Bertz CT molecular complexity index is 200. The standard InChI is InChI=1S/C7H7O.Hg/c1-6-4-2-3-5-7(6)8;/h2-3,5,8H,1H3;. The summed E-state index contributed by atoms with van der Waals surface area (Å²) in [5, 5.41) is 9.13. The Balaban J connectivity index is 3.25. The molecule has 0 aliphatic heterocycles. The summed E-state index contributed by atoms with van der Waals surface area (Å²) in [6.07, 6.45) is 0. The van der Waals surface area contributed by atoms with Crippen molar-refractivity contribution in [1.82, 2.24) is 0 Å². The average molecular weight is 308 g/mol. The van der Waals surface area contributed by atoms with E-state index in [4.69, 9.17) is 5.11 Å². The van der Waals surface area contributed by atoms with Crippen LogP contribution in [0.1, 0.15) is 5.56 Å². The van der Waals surface area contributed by atoms with E-state index in [1.54, 1.807) is 6.07 Å². The van der Waals surface area contributed by atoms with E-state index in [0.717, 1.165) is 5.56 Å². The van der Waals surface area contributed by atoms with Gasteiger partial charge in [0.15, 0.2) is 0 Å². The molecule has 0 bridgehead atoms. The van der Waals surface area contributed by atoms with Gasteiger partial charge < -0.3 is 0 Å². The molecule has 1 aromatic rings. The number of phenols is 1. The maximum absolute atomic E-state index is 9.13. The first kappa shape index (κ1) is 7.07. The maximum atomic E-state index is 9.13. The van der Waals surface area contributed by atoms with Crippen LogP contribution in [0.4, 0.5) is 0 Å². The Labute approximate surface area is 70.7 Å². The van der Waals surface area contributed by atoms with Crippen molar-refractivity contribution >= 4 is 3.07 Å². The van der Waals surface area contributed by atoms with E-state index in [9.17, 15) is 0 Å². The molecule has 0 fully saturated rings. The van der Waals surface area contributed by atoms with Crippen LogP contribution in [0, 0.1) is 6.92 Å². The summed E-state index contributed by atoms with van der Waals surface area (Å²) in [6.45, 7) is 1.96. The molecular weight excluding hydrogens is 301 g/mol. The molecule has 2 heteroatoms. The quantitative estimate of drug-likeness (QED) is 0.705. The van der Waals surface area contributed by atoms with Crippen molar-refractivity contribution in [2.24, 2.45) is 0 Å². The van der Waals surface area contributed by atoms with Crippen molar-refractivity contribution in [3.63, 3.8) is 0 Å². The van der Waals surface area contributed by atoms with Crippen molar-refractivity contribution < 1.29 is 31.2 Å². The molecule has 0 radical (unpaired) electrons. The third-order valence-electron chi connectivity index (χ3n) is 1.42. The van der Waals surface area contributed by atoms with E-state index in [1.165, 1.54) is 3.07 Å². The van der Waals surface area contributed by atoms with Gasteiger partial charge in [0.25, 0.3) is 0 Å². The van der Waals surface area contributed by atoms with Gasteiger partial charge in [0.05, 0.1) is 0 Å². The normalized spacial score (nSPS) is 9.67. The first-order chi connectivity index (χ1) is 4.22. The molecule has 0 atom stereocenters. The number of aromatic hydroxyl groups is 1. The molecule has 43 valence electrons. The summed E-state index contributed by atoms with van der Waals surface area (Å²) in [6, 6.07) is 5.69. The molecule has 0 saturated heterocycles. The predicted octanol–water partition coefficient (Wildman–Crippen LogP) is 0.873. The molecule has 0 aromatic heterocycles. The van der Waals surface area contributed by atoms with Gasteiger partial charge in [-0.3, -0.25) is 0 Å². The Morgan fingerprint density at radius 2 is 2.11 bits per heavy atom. The molecular formula is C7H7HgO. The van der Waals surface area contributed by atoms with Crippen molar-refractivity contribution in [2.75, 3.05) is 0 Å². The molecule has 0 amide bonds. The number of hydrogen-bond donors (Lipinski definition) is 1. The van der Waals surface area contributed by atoms with Gasteiger partial charge in [-0.15, -0.1) is 0 Å². The van der Waals surface area contributed by atoms with Gasteiger partial charge in [-0.05, 0) is 0 Å². The first-order valence-electron chi connectivity index (χ1n) is 2.82. The second-order valence-corrected chi connectivity index (χ2v) is 5.02. The summed E-state index contributed by atoms with van der Waals surface area (Å²) in [5.41, 5.74) is 1.06. The molecule has 0 aliphatic carbocycles. The van der Waals surface area contributed by atoms with Crippen LogP contribution in [0.2, 0.25) is 0 Å². The Kier molecular flexibility index (Phi) is 2.11. The van der Waals surface area contributed by atoms with Gasteiger partial charge in [0.1, 0.15) is 0 Å². The topological polar surface area (TPSA) is 20.2 Å². The molecule has 1 N–H and O–H groups in total. The van der Waals surface area contributed by atoms with Gasteiger partial charge in [-0.2, -0.15) is 0 Å². The summed E-state index contributed by atoms with van der Waals surface area (Å²) in [4.78, 5) is 0. The van der Waals surface area contributed by atoms with Crippen LogP contribution in [-0.2, 0) is 26.1 Å². The van der Waals surface area contributed by atoms with Crippen molar-refractivity contribution in [2.45, 2.75) is 6.92 Å². The second kappa shape index (κ2) is 2.69. The van der Waals surface area contributed by atoms with Crippen LogP contribution in [-0.4, -0.2) is 5.11 Å². The van der Waals surface area contributed by atoms with Gasteiger partial charge >= 0.3 is 70.7 Å². The molecule has 1 nitrogen and oxygen atoms in total. The number of benzene rings is 1. The Morgan fingerprint density at radius 3 is 2.56 bits per heavy atom. The number of rotatable bonds is 0. The zero-order chi connectivity index (χ0) is 6.85. The van der Waals surface area contributed by atoms with Crippen LogP contribution < -0.4 is 3.07 Å². The van der Waals surface area contributed by atoms with Crippen LogP contribution in [0.5, 0.6) is 5.75 Å². The van der Waals surface area contributed by atoms with Gasteiger partial charge in [-0.1, -0.05) is 0 Å². The van der Waals surface area contributed by atoms with Crippen LogP contribution in [0.3, 0.4) is 0 Å². The molecule has 0 aliphatic rings. The Hall–Kier alpha value is -0.0449. The van der Waals surface area contributed by atoms with Crippen molar-refractivity contribution in [3.05, 3.63) is 23.8 Å². The fourth-order valence-electron chi connectivity index (χ4n) is 0.670. The molecule has 1 aromatic carbocycles. The summed E-state index contributed by atoms with van der Waals surface area (Å²) in [5.74, 6) is 0.433. The third-order valence-corrected chi connectivity index (χ3v) is 4.40. The minimum atomic E-state index is 0.433. The predicted molar refractivity (Wildman–Crippen MR) is 32.5 cm³/mol. The van der Waals surface area contributed by atoms with Crippen LogP contribution >= 0.6 is 0 Å². The first-order valence-corrected chi connectivity index (χ1v) is 5.57. The van der Waals surface area contributed by atoms with Gasteiger partial charge in [0.2, 0.25) is 0 Å². The van der Waals surface area contributed by atoms with Crippen LogP contribution in [0.15, 0.2) is 18.2 Å². The van der Waals surface area contributed by atoms with Crippen molar-refractivity contribution in [3.8, 4) is 5.75 Å². The molecule has 0 spiro atoms. The molecule has 0 unspecified atom stereocenters. The fraction of sp³-hybridized carbons (Fsp3) is 0.143. The molecule has 0 heterocycles. The van der Waals surface area contributed by atoms with E-state index >= 15 is 0 Å². The number of phenolic OH excluding ortho intramolecular Hbond substituents is 1. The van der Waals surface area contributed by atoms with E-state index < -0.39 is 0 Å². The average Bonchev–Trinajstić information content (AvgIpc) is 1.83. The summed E-state index contributed by atoms with van der Waals surface area (Å²) >= 11 is 0.628. The van der Waals surface area contributed by atoms with E-state index in [1.807, 2.05) is 13.0 Å². The van der Waals surface area contributed by atoms with Crippen LogP contribution in [0.25, 0.3) is 0 Å². The van der Waals surface area contributed by atoms with Crippen molar-refractivity contribution in [1.29, 1.82) is 0 Å². The van der Waals surface area contributed by atoms with Gasteiger partial charge in [0, 0.05) is 0 Å². The van der Waals surface area contributed by atoms with E-state index in [2.05, 4.69) is 6.07 Å². The van der Waals surface area contributed by atoms with E-state index in [0.29, 0.717) is 31.9 Å². The summed E-state index contributed by atoms with van der Waals surface area (Å²) in [7, 11) is 0. The monoisotopic (exact) mass is 309 g/mol. The SMILES string of the molecule is Cc1c(O)ccc[c]1[Hg]. The molecule has 9 heavy (non-hydrogen) atoms.